The molecule has 8 nitrogen and oxygen atoms in total. The average molecular weight is 592 g/mol. The number of likely N-dealkylation sites (N-methyl/N-ethyl adjacent to an activating group) is 1. The zero-order chi connectivity index (χ0) is 28.1. The van der Waals surface area contributed by atoms with Crippen LogP contribution in [0.5, 0.6) is 0 Å². The molecule has 1 saturated heterocycles. The maximum atomic E-state index is 13.5. The van der Waals surface area contributed by atoms with E-state index in [0.29, 0.717) is 34.7 Å². The summed E-state index contributed by atoms with van der Waals surface area (Å²) in [6.07, 6.45) is 2.38. The zero-order valence-corrected chi connectivity index (χ0v) is 24.1. The second-order valence-electron chi connectivity index (χ2n) is 10.5. The standard InChI is InChI=1S/C28H29Cl3N4O4/c1-4-34(27(38)25-28(39-25)9-8-15(2)10-16(28)3)19-7-5-6-17(11-19)26(37)32-22-14-23(36)35(33-22)24-20(30)12-18(29)13-21(24)31/h5-7,11-13,15-16,25H,4,8-10,14H2,1-3H3,(H,32,33,37). The molecule has 1 N–H and O–H groups in total. The number of hydrazone groups is 1. The fourth-order valence-corrected chi connectivity index (χ4v) is 6.66. The Kier molecular flexibility index (Phi) is 7.68. The Morgan fingerprint density at radius 1 is 1.18 bits per heavy atom. The van der Waals surface area contributed by atoms with Crippen molar-refractivity contribution in [2.45, 2.75) is 58.2 Å². The molecule has 3 aliphatic rings. The number of anilines is 2. The molecule has 5 rings (SSSR count). The monoisotopic (exact) mass is 590 g/mol. The van der Waals surface area contributed by atoms with Crippen LogP contribution >= 0.6 is 34.8 Å². The van der Waals surface area contributed by atoms with Gasteiger partial charge < -0.3 is 15.0 Å². The van der Waals surface area contributed by atoms with E-state index in [4.69, 9.17) is 39.5 Å². The minimum Gasteiger partial charge on any atom is -0.355 e. The first kappa shape index (κ1) is 27.9. The number of rotatable bonds is 5. The minimum atomic E-state index is -0.464. The van der Waals surface area contributed by atoms with Crippen molar-refractivity contribution in [3.63, 3.8) is 0 Å². The summed E-state index contributed by atoms with van der Waals surface area (Å²) in [5.41, 5.74) is 0.739. The number of carbonyl (C=O) groups is 3. The Bertz CT molecular complexity index is 1360. The first-order valence-electron chi connectivity index (χ1n) is 13.0. The van der Waals surface area contributed by atoms with Gasteiger partial charge in [0.2, 0.25) is 0 Å². The quantitative estimate of drug-likeness (QED) is 0.427. The maximum absolute atomic E-state index is 13.5. The summed E-state index contributed by atoms with van der Waals surface area (Å²) in [5, 5.41) is 8.62. The van der Waals surface area contributed by atoms with Crippen molar-refractivity contribution in [1.29, 1.82) is 0 Å². The molecule has 2 heterocycles. The number of hydrogen-bond acceptors (Lipinski definition) is 5. The van der Waals surface area contributed by atoms with E-state index in [1.54, 1.807) is 29.2 Å². The molecule has 4 unspecified atom stereocenters. The fourth-order valence-electron chi connectivity index (χ4n) is 5.68. The van der Waals surface area contributed by atoms with Crippen LogP contribution in [0.25, 0.3) is 0 Å². The highest BCUT2D eigenvalue weighted by molar-refractivity contribution is 6.42. The molecule has 2 aromatic rings. The summed E-state index contributed by atoms with van der Waals surface area (Å²) in [5.74, 6) is 0.145. The van der Waals surface area contributed by atoms with E-state index >= 15 is 0 Å². The van der Waals surface area contributed by atoms with Crippen LogP contribution in [-0.4, -0.2) is 41.8 Å². The number of carbonyl (C=O) groups excluding carboxylic acids is 3. The number of hydrogen-bond donors (Lipinski definition) is 1. The summed E-state index contributed by atoms with van der Waals surface area (Å²) in [4.78, 5) is 40.9. The number of amidine groups is 1. The molecular weight excluding hydrogens is 563 g/mol. The average Bonchev–Trinajstić information content (AvgIpc) is 3.51. The third-order valence-corrected chi connectivity index (χ3v) is 8.59. The third-order valence-electron chi connectivity index (χ3n) is 7.80. The van der Waals surface area contributed by atoms with Crippen molar-refractivity contribution in [1.82, 2.24) is 5.32 Å². The molecule has 11 heteroatoms. The molecular formula is C28H29Cl3N4O4. The maximum Gasteiger partial charge on any atom is 0.259 e. The smallest absolute Gasteiger partial charge is 0.259 e. The van der Waals surface area contributed by atoms with Gasteiger partial charge in [0, 0.05) is 22.8 Å². The highest BCUT2D eigenvalue weighted by Crippen LogP contribution is 2.53. The molecule has 2 fully saturated rings. The van der Waals surface area contributed by atoms with E-state index in [1.807, 2.05) is 6.92 Å². The van der Waals surface area contributed by atoms with Crippen LogP contribution < -0.4 is 15.2 Å². The lowest BCUT2D eigenvalue weighted by Crippen LogP contribution is -2.41. The lowest BCUT2D eigenvalue weighted by molar-refractivity contribution is -0.120. The molecule has 0 radical (unpaired) electrons. The molecule has 1 aliphatic carbocycles. The van der Waals surface area contributed by atoms with Crippen molar-refractivity contribution in [3.8, 4) is 0 Å². The molecule has 1 saturated carbocycles. The number of benzene rings is 2. The Morgan fingerprint density at radius 3 is 2.56 bits per heavy atom. The normalized spacial score (nSPS) is 26.0. The number of nitrogens with zero attached hydrogens (tertiary/aromatic N) is 3. The number of halogens is 3. The van der Waals surface area contributed by atoms with E-state index < -0.39 is 17.9 Å². The van der Waals surface area contributed by atoms with E-state index in [2.05, 4.69) is 24.3 Å². The molecule has 0 bridgehead atoms. The van der Waals surface area contributed by atoms with Crippen molar-refractivity contribution >= 4 is 69.7 Å². The lowest BCUT2D eigenvalue weighted by Gasteiger charge is -2.31. The molecule has 2 aliphatic heterocycles. The second-order valence-corrected chi connectivity index (χ2v) is 11.7. The largest absolute Gasteiger partial charge is 0.355 e. The molecule has 206 valence electrons. The van der Waals surface area contributed by atoms with Crippen LogP contribution in [0.1, 0.15) is 56.8 Å². The zero-order valence-electron chi connectivity index (χ0n) is 21.8. The van der Waals surface area contributed by atoms with Crippen LogP contribution in [0.15, 0.2) is 41.5 Å². The lowest BCUT2D eigenvalue weighted by atomic mass is 9.73. The van der Waals surface area contributed by atoms with Gasteiger partial charge in [-0.05, 0) is 68.4 Å². The number of epoxide rings is 1. The van der Waals surface area contributed by atoms with Gasteiger partial charge in [-0.15, -0.1) is 0 Å². The Morgan fingerprint density at radius 2 is 1.90 bits per heavy atom. The molecule has 4 atom stereocenters. The van der Waals surface area contributed by atoms with E-state index in [0.717, 1.165) is 24.3 Å². The third kappa shape index (κ3) is 5.27. The molecule has 2 aromatic carbocycles. The highest BCUT2D eigenvalue weighted by Gasteiger charge is 2.65. The van der Waals surface area contributed by atoms with Gasteiger partial charge in [-0.3, -0.25) is 14.4 Å². The van der Waals surface area contributed by atoms with Crippen LogP contribution in [0, 0.1) is 11.8 Å². The fraction of sp³-hybridized carbons (Fsp3) is 0.429. The summed E-state index contributed by atoms with van der Waals surface area (Å²) in [7, 11) is 0. The Balaban J connectivity index is 1.30. The van der Waals surface area contributed by atoms with Crippen LogP contribution in [0.4, 0.5) is 11.4 Å². The highest BCUT2D eigenvalue weighted by atomic mass is 35.5. The topological polar surface area (TPSA) is 94.6 Å². The first-order chi connectivity index (χ1) is 18.5. The van der Waals surface area contributed by atoms with Crippen LogP contribution in [0.3, 0.4) is 0 Å². The van der Waals surface area contributed by atoms with Crippen LogP contribution in [0.2, 0.25) is 15.1 Å². The van der Waals surface area contributed by atoms with E-state index in [1.165, 1.54) is 12.1 Å². The van der Waals surface area contributed by atoms with Gasteiger partial charge in [0.25, 0.3) is 17.7 Å². The van der Waals surface area contributed by atoms with Gasteiger partial charge in [-0.2, -0.15) is 10.1 Å². The van der Waals surface area contributed by atoms with Crippen molar-refractivity contribution in [2.24, 2.45) is 16.9 Å². The van der Waals surface area contributed by atoms with Crippen LogP contribution in [-0.2, 0) is 14.3 Å². The van der Waals surface area contributed by atoms with Crippen molar-refractivity contribution in [3.05, 3.63) is 57.0 Å². The van der Waals surface area contributed by atoms with Gasteiger partial charge >= 0.3 is 0 Å². The molecule has 0 aromatic heterocycles. The van der Waals surface area contributed by atoms with E-state index in [9.17, 15) is 14.4 Å². The SMILES string of the molecule is CCN(C(=O)C1OC12CCC(C)CC2C)c1cccc(C(=O)NC2=NN(c3c(Cl)cc(Cl)cc3Cl)C(=O)C2)c1. The van der Waals surface area contributed by atoms with Gasteiger partial charge in [-0.25, -0.2) is 0 Å². The van der Waals surface area contributed by atoms with Gasteiger partial charge in [-0.1, -0.05) is 54.7 Å². The van der Waals surface area contributed by atoms with E-state index in [-0.39, 0.29) is 39.5 Å². The number of amides is 3. The van der Waals surface area contributed by atoms with Crippen molar-refractivity contribution < 1.29 is 19.1 Å². The Hall–Kier alpha value is -2.65. The summed E-state index contributed by atoms with van der Waals surface area (Å²) >= 11 is 18.5. The summed E-state index contributed by atoms with van der Waals surface area (Å²) in [6.45, 7) is 6.73. The second kappa shape index (κ2) is 10.7. The van der Waals surface area contributed by atoms with Gasteiger partial charge in [0.1, 0.15) is 17.1 Å². The number of nitrogens with one attached hydrogen (secondary N) is 1. The first-order valence-corrected chi connectivity index (χ1v) is 14.1. The predicted octanol–water partition coefficient (Wildman–Crippen LogP) is 6.07. The summed E-state index contributed by atoms with van der Waals surface area (Å²) < 4.78 is 6.07. The minimum absolute atomic E-state index is 0.0883. The number of ether oxygens (including phenoxy) is 1. The Labute approximate surface area is 242 Å². The predicted molar refractivity (Wildman–Crippen MR) is 153 cm³/mol. The molecule has 1 spiro atoms. The summed E-state index contributed by atoms with van der Waals surface area (Å²) in [6, 6.07) is 9.72. The van der Waals surface area contributed by atoms with Gasteiger partial charge in [0.05, 0.1) is 16.5 Å². The molecule has 3 amide bonds. The van der Waals surface area contributed by atoms with Gasteiger partial charge in [0.15, 0.2) is 6.10 Å². The van der Waals surface area contributed by atoms with Crippen molar-refractivity contribution in [2.75, 3.05) is 16.5 Å². The molecule has 39 heavy (non-hydrogen) atoms.